The Morgan fingerprint density at radius 3 is 2.29 bits per heavy atom. The lowest BCUT2D eigenvalue weighted by atomic mass is 9.77. The highest BCUT2D eigenvalue weighted by Gasteiger charge is 2.56. The van der Waals surface area contributed by atoms with Gasteiger partial charge in [-0.2, -0.15) is 0 Å². The number of carboxylic acid groups (broad SMARTS) is 1. The normalized spacial score (nSPS) is 28.4. The van der Waals surface area contributed by atoms with Crippen molar-refractivity contribution in [2.45, 2.75) is 51.0 Å². The predicted molar refractivity (Wildman–Crippen MR) is 53.9 cm³/mol. The van der Waals surface area contributed by atoms with Gasteiger partial charge in [0.25, 0.3) is 0 Å². The van der Waals surface area contributed by atoms with E-state index in [1.165, 1.54) is 19.3 Å². The summed E-state index contributed by atoms with van der Waals surface area (Å²) in [6.07, 6.45) is 7.61. The van der Waals surface area contributed by atoms with E-state index in [2.05, 4.69) is 0 Å². The van der Waals surface area contributed by atoms with Gasteiger partial charge in [-0.3, -0.25) is 4.79 Å². The molecule has 0 saturated heterocycles. The Bertz CT molecular complexity index is 229. The van der Waals surface area contributed by atoms with Crippen LogP contribution in [0, 0.1) is 11.3 Å². The summed E-state index contributed by atoms with van der Waals surface area (Å²) in [7, 11) is 0. The van der Waals surface area contributed by atoms with Crippen LogP contribution >= 0.6 is 0 Å². The zero-order valence-electron chi connectivity index (χ0n) is 8.54. The first-order valence-corrected chi connectivity index (χ1v) is 5.66. The topological polar surface area (TPSA) is 63.3 Å². The molecule has 1 unspecified atom stereocenters. The highest BCUT2D eigenvalue weighted by atomic mass is 16.4. The average molecular weight is 197 g/mol. The van der Waals surface area contributed by atoms with Gasteiger partial charge in [-0.25, -0.2) is 0 Å². The maximum Gasteiger partial charge on any atom is 0.311 e. The Morgan fingerprint density at radius 1 is 1.29 bits per heavy atom. The van der Waals surface area contributed by atoms with E-state index in [0.717, 1.165) is 25.7 Å². The van der Waals surface area contributed by atoms with Crippen molar-refractivity contribution < 1.29 is 9.90 Å². The van der Waals surface area contributed by atoms with Gasteiger partial charge in [0.2, 0.25) is 0 Å². The summed E-state index contributed by atoms with van der Waals surface area (Å²) in [6.45, 7) is 0. The molecule has 2 aliphatic rings. The number of rotatable bonds is 3. The van der Waals surface area contributed by atoms with Crippen LogP contribution in [0.1, 0.15) is 44.9 Å². The Balaban J connectivity index is 1.99. The molecule has 2 saturated carbocycles. The van der Waals surface area contributed by atoms with Crippen molar-refractivity contribution in [3.63, 3.8) is 0 Å². The van der Waals surface area contributed by atoms with Gasteiger partial charge in [-0.05, 0) is 31.6 Å². The van der Waals surface area contributed by atoms with Gasteiger partial charge >= 0.3 is 5.97 Å². The third kappa shape index (κ3) is 1.54. The molecule has 0 aromatic rings. The van der Waals surface area contributed by atoms with E-state index in [9.17, 15) is 4.79 Å². The van der Waals surface area contributed by atoms with Crippen molar-refractivity contribution in [2.75, 3.05) is 0 Å². The highest BCUT2D eigenvalue weighted by molar-refractivity contribution is 5.78. The molecule has 2 fully saturated rings. The number of hydrogen-bond donors (Lipinski definition) is 2. The summed E-state index contributed by atoms with van der Waals surface area (Å²) in [5, 5.41) is 9.12. The molecule has 0 aromatic carbocycles. The lowest BCUT2D eigenvalue weighted by molar-refractivity contribution is -0.144. The average Bonchev–Trinajstić information content (AvgIpc) is 2.99. The van der Waals surface area contributed by atoms with Gasteiger partial charge in [-0.15, -0.1) is 0 Å². The Morgan fingerprint density at radius 2 is 1.86 bits per heavy atom. The quantitative estimate of drug-likeness (QED) is 0.724. The van der Waals surface area contributed by atoms with Gasteiger partial charge in [0, 0.05) is 6.04 Å². The van der Waals surface area contributed by atoms with Gasteiger partial charge in [-0.1, -0.05) is 19.3 Å². The SMILES string of the molecule is NC(C1CCCCC1)C1(C(=O)O)CC1. The fourth-order valence-corrected chi connectivity index (χ4v) is 2.77. The van der Waals surface area contributed by atoms with Crippen LogP contribution in [0.25, 0.3) is 0 Å². The van der Waals surface area contributed by atoms with Crippen LogP contribution in [-0.4, -0.2) is 17.1 Å². The van der Waals surface area contributed by atoms with Crippen LogP contribution in [0.4, 0.5) is 0 Å². The van der Waals surface area contributed by atoms with Crippen molar-refractivity contribution in [2.24, 2.45) is 17.1 Å². The summed E-state index contributed by atoms with van der Waals surface area (Å²) in [6, 6.07) is -0.0969. The van der Waals surface area contributed by atoms with E-state index in [1.807, 2.05) is 0 Å². The summed E-state index contributed by atoms with van der Waals surface area (Å²) in [5.74, 6) is -0.210. The summed E-state index contributed by atoms with van der Waals surface area (Å²) < 4.78 is 0. The van der Waals surface area contributed by atoms with Crippen molar-refractivity contribution in [3.8, 4) is 0 Å². The van der Waals surface area contributed by atoms with E-state index in [4.69, 9.17) is 10.8 Å². The first kappa shape index (κ1) is 9.97. The van der Waals surface area contributed by atoms with Gasteiger partial charge < -0.3 is 10.8 Å². The number of nitrogens with two attached hydrogens (primary N) is 1. The number of hydrogen-bond acceptors (Lipinski definition) is 2. The molecule has 3 N–H and O–H groups in total. The smallest absolute Gasteiger partial charge is 0.311 e. The maximum atomic E-state index is 11.1. The molecule has 0 spiro atoms. The molecule has 2 rings (SSSR count). The zero-order valence-corrected chi connectivity index (χ0v) is 8.54. The Labute approximate surface area is 84.7 Å². The summed E-state index contributed by atoms with van der Waals surface area (Å²) in [5.41, 5.74) is 5.57. The lowest BCUT2D eigenvalue weighted by Crippen LogP contribution is -2.43. The van der Waals surface area contributed by atoms with Crippen molar-refractivity contribution in [3.05, 3.63) is 0 Å². The van der Waals surface area contributed by atoms with E-state index in [1.54, 1.807) is 0 Å². The van der Waals surface area contributed by atoms with E-state index in [-0.39, 0.29) is 6.04 Å². The highest BCUT2D eigenvalue weighted by Crippen LogP contribution is 2.51. The Kier molecular flexibility index (Phi) is 2.52. The molecule has 0 radical (unpaired) electrons. The third-order valence-electron chi connectivity index (χ3n) is 4.01. The van der Waals surface area contributed by atoms with Gasteiger partial charge in [0.1, 0.15) is 0 Å². The molecule has 80 valence electrons. The summed E-state index contributed by atoms with van der Waals surface area (Å²) >= 11 is 0. The molecular weight excluding hydrogens is 178 g/mol. The second kappa shape index (κ2) is 3.54. The van der Waals surface area contributed by atoms with Crippen LogP contribution in [0.15, 0.2) is 0 Å². The molecule has 3 nitrogen and oxygen atoms in total. The first-order valence-electron chi connectivity index (χ1n) is 5.66. The second-order valence-corrected chi connectivity index (χ2v) is 4.89. The van der Waals surface area contributed by atoms with Crippen molar-refractivity contribution >= 4 is 5.97 Å². The van der Waals surface area contributed by atoms with Crippen LogP contribution in [0.2, 0.25) is 0 Å². The molecule has 2 aliphatic carbocycles. The van der Waals surface area contributed by atoms with E-state index >= 15 is 0 Å². The molecule has 14 heavy (non-hydrogen) atoms. The monoisotopic (exact) mass is 197 g/mol. The fourth-order valence-electron chi connectivity index (χ4n) is 2.77. The fraction of sp³-hybridized carbons (Fsp3) is 0.909. The molecule has 1 atom stereocenters. The number of aliphatic carboxylic acids is 1. The van der Waals surface area contributed by atoms with Crippen LogP contribution in [-0.2, 0) is 4.79 Å². The minimum absolute atomic E-state index is 0.0969. The Hall–Kier alpha value is -0.570. The molecule has 3 heteroatoms. The summed E-state index contributed by atoms with van der Waals surface area (Å²) in [4.78, 5) is 11.1. The molecule has 0 bridgehead atoms. The molecular formula is C11H19NO2. The first-order chi connectivity index (χ1) is 6.67. The second-order valence-electron chi connectivity index (χ2n) is 4.89. The number of carboxylic acids is 1. The molecule has 0 aromatic heterocycles. The minimum atomic E-state index is -0.671. The molecule has 0 heterocycles. The van der Waals surface area contributed by atoms with Gasteiger partial charge in [0.15, 0.2) is 0 Å². The molecule has 0 amide bonds. The number of carbonyl (C=O) groups is 1. The van der Waals surface area contributed by atoms with E-state index in [0.29, 0.717) is 5.92 Å². The zero-order chi connectivity index (χ0) is 10.2. The predicted octanol–water partition coefficient (Wildman–Crippen LogP) is 1.76. The largest absolute Gasteiger partial charge is 0.481 e. The van der Waals surface area contributed by atoms with Crippen LogP contribution in [0.5, 0.6) is 0 Å². The minimum Gasteiger partial charge on any atom is -0.481 e. The van der Waals surface area contributed by atoms with Crippen LogP contribution < -0.4 is 5.73 Å². The maximum absolute atomic E-state index is 11.1. The van der Waals surface area contributed by atoms with Crippen molar-refractivity contribution in [1.82, 2.24) is 0 Å². The van der Waals surface area contributed by atoms with Crippen molar-refractivity contribution in [1.29, 1.82) is 0 Å². The van der Waals surface area contributed by atoms with Gasteiger partial charge in [0.05, 0.1) is 5.41 Å². The van der Waals surface area contributed by atoms with Crippen LogP contribution in [0.3, 0.4) is 0 Å². The lowest BCUT2D eigenvalue weighted by Gasteiger charge is -2.31. The standard InChI is InChI=1S/C11H19NO2/c12-9(8-4-2-1-3-5-8)11(6-7-11)10(13)14/h8-9H,1-7,12H2,(H,13,14). The molecule has 0 aliphatic heterocycles. The third-order valence-corrected chi connectivity index (χ3v) is 4.01. The van der Waals surface area contributed by atoms with E-state index < -0.39 is 11.4 Å².